The number of nitrogens with one attached hydrogen (secondary N) is 1. The van der Waals surface area contributed by atoms with E-state index in [1.54, 1.807) is 0 Å². The first-order valence-electron chi connectivity index (χ1n) is 5.69. The van der Waals surface area contributed by atoms with Crippen LogP contribution in [0.15, 0.2) is 0 Å². The van der Waals surface area contributed by atoms with Gasteiger partial charge in [0.15, 0.2) is 5.54 Å². The van der Waals surface area contributed by atoms with Crippen LogP contribution in [0.1, 0.15) is 33.1 Å². The van der Waals surface area contributed by atoms with Crippen molar-refractivity contribution in [3.8, 4) is 0 Å². The maximum atomic E-state index is 11.8. The normalized spacial score (nSPS) is 24.7. The number of hydrogen-bond acceptors (Lipinski definition) is 3. The van der Waals surface area contributed by atoms with Gasteiger partial charge >= 0.3 is 5.97 Å². The smallest absolute Gasteiger partial charge is 0.331 e. The Balaban J connectivity index is 2.69. The van der Waals surface area contributed by atoms with Crippen LogP contribution in [-0.4, -0.2) is 35.7 Å². The SMILES string of the molecule is CCC(CC)C(=O)NC1(C(=O)O)CCOC1. The third-order valence-electron chi connectivity index (χ3n) is 3.15. The molecule has 1 saturated heterocycles. The fourth-order valence-electron chi connectivity index (χ4n) is 1.88. The Hall–Kier alpha value is -1.10. The minimum absolute atomic E-state index is 0.0637. The Bertz CT molecular complexity index is 267. The van der Waals surface area contributed by atoms with Crippen molar-refractivity contribution >= 4 is 11.9 Å². The Morgan fingerprint density at radius 2 is 2.06 bits per heavy atom. The van der Waals surface area contributed by atoms with E-state index < -0.39 is 11.5 Å². The van der Waals surface area contributed by atoms with Crippen molar-refractivity contribution in [2.45, 2.75) is 38.6 Å². The quantitative estimate of drug-likeness (QED) is 0.730. The number of carboxylic acid groups (broad SMARTS) is 1. The second-order valence-corrected chi connectivity index (χ2v) is 4.19. The lowest BCUT2D eigenvalue weighted by Gasteiger charge is -2.26. The largest absolute Gasteiger partial charge is 0.479 e. The van der Waals surface area contributed by atoms with Crippen molar-refractivity contribution in [1.82, 2.24) is 5.32 Å². The van der Waals surface area contributed by atoms with Gasteiger partial charge in [0.25, 0.3) is 0 Å². The predicted molar refractivity (Wildman–Crippen MR) is 58.0 cm³/mol. The first-order valence-corrected chi connectivity index (χ1v) is 5.69. The zero-order valence-electron chi connectivity index (χ0n) is 9.78. The molecule has 1 atom stereocenters. The van der Waals surface area contributed by atoms with Crippen LogP contribution in [0.4, 0.5) is 0 Å². The summed E-state index contributed by atoms with van der Waals surface area (Å²) >= 11 is 0. The van der Waals surface area contributed by atoms with E-state index in [4.69, 9.17) is 9.84 Å². The third kappa shape index (κ3) is 2.52. The highest BCUT2D eigenvalue weighted by Gasteiger charge is 2.44. The summed E-state index contributed by atoms with van der Waals surface area (Å²) in [7, 11) is 0. The summed E-state index contributed by atoms with van der Waals surface area (Å²) in [6, 6.07) is 0. The van der Waals surface area contributed by atoms with Crippen LogP contribution >= 0.6 is 0 Å². The van der Waals surface area contributed by atoms with Crippen LogP contribution < -0.4 is 5.32 Å². The van der Waals surface area contributed by atoms with Gasteiger partial charge in [-0.3, -0.25) is 4.79 Å². The number of ether oxygens (including phenoxy) is 1. The molecule has 0 aromatic heterocycles. The van der Waals surface area contributed by atoms with Crippen LogP contribution in [0.2, 0.25) is 0 Å². The van der Waals surface area contributed by atoms with Gasteiger partial charge in [-0.1, -0.05) is 13.8 Å². The van der Waals surface area contributed by atoms with Crippen LogP contribution in [0, 0.1) is 5.92 Å². The molecule has 92 valence electrons. The molecular formula is C11H19NO4. The lowest BCUT2D eigenvalue weighted by atomic mass is 9.95. The van der Waals surface area contributed by atoms with Crippen molar-refractivity contribution in [3.05, 3.63) is 0 Å². The lowest BCUT2D eigenvalue weighted by Crippen LogP contribution is -2.56. The van der Waals surface area contributed by atoms with E-state index >= 15 is 0 Å². The van der Waals surface area contributed by atoms with Gasteiger partial charge in [0.1, 0.15) is 0 Å². The number of hydrogen-bond donors (Lipinski definition) is 2. The summed E-state index contributed by atoms with van der Waals surface area (Å²) in [5, 5.41) is 11.8. The van der Waals surface area contributed by atoms with E-state index in [0.717, 1.165) is 12.8 Å². The molecule has 1 fully saturated rings. The maximum absolute atomic E-state index is 11.8. The van der Waals surface area contributed by atoms with Gasteiger partial charge in [-0.25, -0.2) is 4.79 Å². The second kappa shape index (κ2) is 5.30. The van der Waals surface area contributed by atoms with Crippen LogP contribution in [0.5, 0.6) is 0 Å². The van der Waals surface area contributed by atoms with E-state index in [1.807, 2.05) is 13.8 Å². The summed E-state index contributed by atoms with van der Waals surface area (Å²) in [4.78, 5) is 23.0. The van der Waals surface area contributed by atoms with E-state index in [0.29, 0.717) is 13.0 Å². The second-order valence-electron chi connectivity index (χ2n) is 4.19. The average Bonchev–Trinajstić information content (AvgIpc) is 2.69. The van der Waals surface area contributed by atoms with E-state index in [1.165, 1.54) is 0 Å². The summed E-state index contributed by atoms with van der Waals surface area (Å²) in [5.74, 6) is -1.31. The molecule has 0 aromatic carbocycles. The molecule has 1 amide bonds. The van der Waals surface area contributed by atoms with Gasteiger partial charge in [0.05, 0.1) is 6.61 Å². The van der Waals surface area contributed by atoms with Gasteiger partial charge in [-0.2, -0.15) is 0 Å². The molecule has 1 aliphatic rings. The van der Waals surface area contributed by atoms with Gasteiger partial charge in [0, 0.05) is 18.9 Å². The van der Waals surface area contributed by atoms with E-state index in [-0.39, 0.29) is 18.4 Å². The molecule has 0 spiro atoms. The minimum atomic E-state index is -1.21. The molecular weight excluding hydrogens is 210 g/mol. The van der Waals surface area contributed by atoms with Crippen LogP contribution in [0.3, 0.4) is 0 Å². The summed E-state index contributed by atoms with van der Waals surface area (Å²) in [5.41, 5.74) is -1.21. The molecule has 0 aromatic rings. The standard InChI is InChI=1S/C11H19NO4/c1-3-8(4-2)9(13)12-11(10(14)15)5-6-16-7-11/h8H,3-7H2,1-2H3,(H,12,13)(H,14,15). The topological polar surface area (TPSA) is 75.6 Å². The summed E-state index contributed by atoms with van der Waals surface area (Å²) in [6.07, 6.45) is 1.78. The molecule has 0 aliphatic carbocycles. The summed E-state index contributed by atoms with van der Waals surface area (Å²) in [6.45, 7) is 4.29. The van der Waals surface area contributed by atoms with Gasteiger partial charge in [-0.15, -0.1) is 0 Å². The van der Waals surface area contributed by atoms with Crippen LogP contribution in [-0.2, 0) is 14.3 Å². The fourth-order valence-corrected chi connectivity index (χ4v) is 1.88. The molecule has 1 unspecified atom stereocenters. The van der Waals surface area contributed by atoms with Gasteiger partial charge in [-0.05, 0) is 12.8 Å². The highest BCUT2D eigenvalue weighted by atomic mass is 16.5. The maximum Gasteiger partial charge on any atom is 0.331 e. The number of carboxylic acids is 1. The Morgan fingerprint density at radius 1 is 1.44 bits per heavy atom. The molecule has 1 rings (SSSR count). The Morgan fingerprint density at radius 3 is 2.44 bits per heavy atom. The highest BCUT2D eigenvalue weighted by molar-refractivity contribution is 5.88. The van der Waals surface area contributed by atoms with Gasteiger partial charge < -0.3 is 15.2 Å². The highest BCUT2D eigenvalue weighted by Crippen LogP contribution is 2.20. The number of carbonyl (C=O) groups excluding carboxylic acids is 1. The average molecular weight is 229 g/mol. The zero-order valence-corrected chi connectivity index (χ0v) is 9.78. The Kier molecular flexibility index (Phi) is 4.29. The monoisotopic (exact) mass is 229 g/mol. The number of amides is 1. The number of aliphatic carboxylic acids is 1. The third-order valence-corrected chi connectivity index (χ3v) is 3.15. The van der Waals surface area contributed by atoms with E-state index in [2.05, 4.69) is 5.32 Å². The fraction of sp³-hybridized carbons (Fsp3) is 0.818. The molecule has 2 N–H and O–H groups in total. The molecule has 0 radical (unpaired) electrons. The molecule has 0 saturated carbocycles. The Labute approximate surface area is 95.2 Å². The first kappa shape index (κ1) is 13.0. The van der Waals surface area contributed by atoms with E-state index in [9.17, 15) is 9.59 Å². The van der Waals surface area contributed by atoms with Crippen molar-refractivity contribution in [2.24, 2.45) is 5.92 Å². The summed E-state index contributed by atoms with van der Waals surface area (Å²) < 4.78 is 5.07. The van der Waals surface area contributed by atoms with Crippen molar-refractivity contribution in [1.29, 1.82) is 0 Å². The molecule has 1 aliphatic heterocycles. The van der Waals surface area contributed by atoms with Crippen molar-refractivity contribution in [2.75, 3.05) is 13.2 Å². The molecule has 16 heavy (non-hydrogen) atoms. The number of carbonyl (C=O) groups is 2. The minimum Gasteiger partial charge on any atom is -0.479 e. The molecule has 0 bridgehead atoms. The van der Waals surface area contributed by atoms with Crippen molar-refractivity contribution in [3.63, 3.8) is 0 Å². The predicted octanol–water partition coefficient (Wildman–Crippen LogP) is 0.782. The van der Waals surface area contributed by atoms with Crippen LogP contribution in [0.25, 0.3) is 0 Å². The molecule has 5 nitrogen and oxygen atoms in total. The first-order chi connectivity index (χ1) is 7.55. The number of rotatable bonds is 5. The molecule has 1 heterocycles. The van der Waals surface area contributed by atoms with Gasteiger partial charge in [0.2, 0.25) is 5.91 Å². The molecule has 5 heteroatoms. The van der Waals surface area contributed by atoms with Crippen molar-refractivity contribution < 1.29 is 19.4 Å². The zero-order chi connectivity index (χ0) is 12.2. The lowest BCUT2D eigenvalue weighted by molar-refractivity contribution is -0.148.